The van der Waals surface area contributed by atoms with Gasteiger partial charge in [-0.25, -0.2) is 17.6 Å². The van der Waals surface area contributed by atoms with Crippen LogP contribution >= 0.6 is 0 Å². The summed E-state index contributed by atoms with van der Waals surface area (Å²) >= 11 is 0. The molecule has 168 valence electrons. The first-order chi connectivity index (χ1) is 15.1. The van der Waals surface area contributed by atoms with Gasteiger partial charge in [-0.1, -0.05) is 12.1 Å². The minimum absolute atomic E-state index is 0.134. The maximum Gasteiger partial charge on any atom is 0.287 e. The lowest BCUT2D eigenvalue weighted by atomic mass is 9.30. The molecule has 1 N–H and O–H groups in total. The van der Waals surface area contributed by atoms with Gasteiger partial charge in [0.25, 0.3) is 5.92 Å². The molecule has 32 heavy (non-hydrogen) atoms. The average Bonchev–Trinajstić information content (AvgIpc) is 3.18. The third kappa shape index (κ3) is 2.71. The summed E-state index contributed by atoms with van der Waals surface area (Å²) in [5.74, 6) is -5.27. The molecule has 3 aliphatic carbocycles. The molecule has 10 heteroatoms. The highest BCUT2D eigenvalue weighted by Crippen LogP contribution is 2.80. The Morgan fingerprint density at radius 2 is 1.78 bits per heavy atom. The van der Waals surface area contributed by atoms with Gasteiger partial charge < -0.3 is 9.84 Å². The zero-order chi connectivity index (χ0) is 22.8. The van der Waals surface area contributed by atoms with Crippen LogP contribution in [0.15, 0.2) is 48.8 Å². The van der Waals surface area contributed by atoms with Crippen molar-refractivity contribution >= 4 is 0 Å². The molecule has 1 heterocycles. The van der Waals surface area contributed by atoms with Crippen LogP contribution in [-0.4, -0.2) is 38.3 Å². The van der Waals surface area contributed by atoms with Gasteiger partial charge >= 0.3 is 0 Å². The fraction of sp³-hybridized carbons (Fsp3) is 0.409. The van der Waals surface area contributed by atoms with E-state index in [4.69, 9.17) is 4.74 Å². The predicted molar refractivity (Wildman–Crippen MR) is 104 cm³/mol. The quantitative estimate of drug-likeness (QED) is 0.559. The lowest BCUT2D eigenvalue weighted by Crippen LogP contribution is -2.76. The second kappa shape index (κ2) is 6.74. The summed E-state index contributed by atoms with van der Waals surface area (Å²) < 4.78 is 65.4. The van der Waals surface area contributed by atoms with Gasteiger partial charge in [0, 0.05) is 17.0 Å². The van der Waals surface area contributed by atoms with E-state index < -0.39 is 46.1 Å². The molecule has 6 nitrogen and oxygen atoms in total. The Balaban J connectivity index is 1.49. The molecule has 2 aromatic carbocycles. The standard InChI is InChI=1S/C22H20F4N4O2/c1-32-16-5-2-14(3-6-16)19-9-20(10-19,11-19)22(25,26)21(31,12-30-28-13-27-29-30)17-7-4-15(23)8-18(17)24/h2-8,13,31H,9-12H2,1H3. The van der Waals surface area contributed by atoms with Crippen molar-refractivity contribution in [1.29, 1.82) is 0 Å². The normalized spacial score (nSPS) is 26.1. The molecular weight excluding hydrogens is 428 g/mol. The third-order valence-electron chi connectivity index (χ3n) is 7.06. The van der Waals surface area contributed by atoms with Crippen LogP contribution in [0.4, 0.5) is 17.6 Å². The van der Waals surface area contributed by atoms with Crippen molar-refractivity contribution in [3.63, 3.8) is 0 Å². The minimum atomic E-state index is -3.75. The number of methoxy groups -OCH3 is 1. The fourth-order valence-electron chi connectivity index (χ4n) is 5.45. The van der Waals surface area contributed by atoms with Crippen LogP contribution in [0.3, 0.4) is 0 Å². The summed E-state index contributed by atoms with van der Waals surface area (Å²) in [6, 6.07) is 9.43. The number of rotatable bonds is 7. The van der Waals surface area contributed by atoms with Crippen LogP contribution < -0.4 is 4.74 Å². The Morgan fingerprint density at radius 3 is 2.34 bits per heavy atom. The first kappa shape index (κ1) is 20.9. The van der Waals surface area contributed by atoms with E-state index in [2.05, 4.69) is 15.4 Å². The Labute approximate surface area is 180 Å². The van der Waals surface area contributed by atoms with Gasteiger partial charge in [0.1, 0.15) is 23.9 Å². The van der Waals surface area contributed by atoms with Crippen molar-refractivity contribution in [3.8, 4) is 5.75 Å². The van der Waals surface area contributed by atoms with Gasteiger partial charge in [0.05, 0.1) is 7.11 Å². The average molecular weight is 448 g/mol. The lowest BCUT2D eigenvalue weighted by Gasteiger charge is -2.74. The number of benzene rings is 2. The summed E-state index contributed by atoms with van der Waals surface area (Å²) in [7, 11) is 1.55. The van der Waals surface area contributed by atoms with E-state index in [9.17, 15) is 13.9 Å². The molecule has 1 unspecified atom stereocenters. The monoisotopic (exact) mass is 448 g/mol. The van der Waals surface area contributed by atoms with Gasteiger partial charge in [-0.3, -0.25) is 0 Å². The van der Waals surface area contributed by atoms with Crippen LogP contribution in [0.5, 0.6) is 5.75 Å². The van der Waals surface area contributed by atoms with Gasteiger partial charge in [0.15, 0.2) is 11.9 Å². The molecule has 0 spiro atoms. The molecule has 2 bridgehead atoms. The van der Waals surface area contributed by atoms with Crippen molar-refractivity contribution < 1.29 is 27.4 Å². The number of halogens is 4. The van der Waals surface area contributed by atoms with Crippen LogP contribution in [0.2, 0.25) is 0 Å². The van der Waals surface area contributed by atoms with E-state index in [1.807, 2.05) is 12.1 Å². The number of aliphatic hydroxyl groups is 1. The van der Waals surface area contributed by atoms with Crippen molar-refractivity contribution in [2.45, 2.75) is 42.7 Å². The zero-order valence-corrected chi connectivity index (χ0v) is 17.1. The number of hydrogen-bond donors (Lipinski definition) is 1. The molecule has 3 saturated carbocycles. The van der Waals surface area contributed by atoms with E-state index in [1.165, 1.54) is 0 Å². The molecule has 6 rings (SSSR count). The molecule has 1 aromatic heterocycles. The molecule has 3 aromatic rings. The number of tetrazole rings is 1. The maximum atomic E-state index is 16.1. The van der Waals surface area contributed by atoms with Crippen LogP contribution in [0, 0.1) is 17.0 Å². The largest absolute Gasteiger partial charge is 0.497 e. The second-order valence-corrected chi connectivity index (χ2v) is 8.84. The minimum Gasteiger partial charge on any atom is -0.497 e. The number of aromatic nitrogens is 4. The summed E-state index contributed by atoms with van der Waals surface area (Å²) in [6.07, 6.45) is 1.43. The highest BCUT2D eigenvalue weighted by Gasteiger charge is 2.82. The van der Waals surface area contributed by atoms with Crippen molar-refractivity contribution in [2.75, 3.05) is 7.11 Å². The summed E-state index contributed by atoms with van der Waals surface area (Å²) in [5, 5.41) is 22.1. The summed E-state index contributed by atoms with van der Waals surface area (Å²) in [6.45, 7) is -0.833. The van der Waals surface area contributed by atoms with Crippen molar-refractivity contribution in [1.82, 2.24) is 20.2 Å². The van der Waals surface area contributed by atoms with Gasteiger partial charge in [-0.15, -0.1) is 10.2 Å². The molecule has 3 aliphatic rings. The maximum absolute atomic E-state index is 16.1. The Bertz CT molecular complexity index is 1130. The topological polar surface area (TPSA) is 73.1 Å². The van der Waals surface area contributed by atoms with Gasteiger partial charge in [-0.05, 0) is 59.7 Å². The van der Waals surface area contributed by atoms with E-state index in [0.29, 0.717) is 11.8 Å². The number of nitrogens with zero attached hydrogens (tertiary/aromatic N) is 4. The predicted octanol–water partition coefficient (Wildman–Crippen LogP) is 3.60. The Kier molecular flexibility index (Phi) is 4.40. The molecule has 0 aliphatic heterocycles. The number of ether oxygens (including phenoxy) is 1. The second-order valence-electron chi connectivity index (χ2n) is 8.84. The first-order valence-electron chi connectivity index (χ1n) is 10.1. The van der Waals surface area contributed by atoms with Crippen LogP contribution in [0.25, 0.3) is 0 Å². The highest BCUT2D eigenvalue weighted by molar-refractivity contribution is 5.44. The molecular formula is C22H20F4N4O2. The molecule has 0 amide bonds. The van der Waals surface area contributed by atoms with Crippen molar-refractivity contribution in [3.05, 3.63) is 71.6 Å². The van der Waals surface area contributed by atoms with Crippen molar-refractivity contribution in [2.24, 2.45) is 5.41 Å². The SMILES string of the molecule is COc1ccc(C23CC(C(F)(F)C(O)(Cn4ncnn4)c4ccc(F)cc4F)(C2)C3)cc1. The molecule has 1 atom stereocenters. The van der Waals surface area contributed by atoms with Crippen LogP contribution in [-0.2, 0) is 17.6 Å². The fourth-order valence-corrected chi connectivity index (χ4v) is 5.45. The van der Waals surface area contributed by atoms with Gasteiger partial charge in [-0.2, -0.15) is 4.80 Å². The number of hydrogen-bond acceptors (Lipinski definition) is 5. The highest BCUT2D eigenvalue weighted by atomic mass is 19.3. The van der Waals surface area contributed by atoms with Gasteiger partial charge in [0.2, 0.25) is 0 Å². The first-order valence-corrected chi connectivity index (χ1v) is 10.1. The molecule has 0 radical (unpaired) electrons. The van der Waals surface area contributed by atoms with E-state index in [1.54, 1.807) is 19.2 Å². The molecule has 3 fully saturated rings. The van der Waals surface area contributed by atoms with E-state index >= 15 is 8.78 Å². The molecule has 0 saturated heterocycles. The Hall–Kier alpha value is -3.01. The summed E-state index contributed by atoms with van der Waals surface area (Å²) in [5.41, 5.74) is -4.72. The summed E-state index contributed by atoms with van der Waals surface area (Å²) in [4.78, 5) is 0.779. The van der Waals surface area contributed by atoms with Crippen LogP contribution in [0.1, 0.15) is 30.4 Å². The third-order valence-corrected chi connectivity index (χ3v) is 7.06. The van der Waals surface area contributed by atoms with E-state index in [-0.39, 0.29) is 19.3 Å². The Morgan fingerprint density at radius 1 is 1.09 bits per heavy atom. The lowest BCUT2D eigenvalue weighted by molar-refractivity contribution is -0.348. The zero-order valence-electron chi connectivity index (χ0n) is 17.1. The van der Waals surface area contributed by atoms with E-state index in [0.717, 1.165) is 28.8 Å². The number of alkyl halides is 2. The smallest absolute Gasteiger partial charge is 0.287 e.